The van der Waals surface area contributed by atoms with Crippen molar-refractivity contribution in [2.24, 2.45) is 15.9 Å². The number of amidine groups is 1. The van der Waals surface area contributed by atoms with Crippen molar-refractivity contribution >= 4 is 40.9 Å². The van der Waals surface area contributed by atoms with Gasteiger partial charge < -0.3 is 25.6 Å². The fourth-order valence-electron chi connectivity index (χ4n) is 2.84. The number of benzene rings is 2. The first-order chi connectivity index (χ1) is 15.4. The van der Waals surface area contributed by atoms with Crippen LogP contribution in [0.4, 0.5) is 0 Å². The number of thioether (sulfide) groups is 1. The van der Waals surface area contributed by atoms with E-state index in [1.165, 1.54) is 13.3 Å². The van der Waals surface area contributed by atoms with E-state index in [-0.39, 0.29) is 23.8 Å². The number of nitrogens with zero attached hydrogens (tertiary/aromatic N) is 2. The molecule has 0 saturated carbocycles. The molecule has 2 amide bonds. The number of carbonyl (C=O) groups is 3. The highest BCUT2D eigenvalue weighted by atomic mass is 32.2. The van der Waals surface area contributed by atoms with E-state index in [1.54, 1.807) is 42.5 Å². The number of hydrogen-bond donors (Lipinski definition) is 3. The number of nitrogens with two attached hydrogens (primary N) is 1. The molecule has 0 aliphatic carbocycles. The van der Waals surface area contributed by atoms with Gasteiger partial charge in [-0.3, -0.25) is 14.4 Å². The predicted molar refractivity (Wildman–Crippen MR) is 119 cm³/mol. The summed E-state index contributed by atoms with van der Waals surface area (Å²) >= 11 is 1.02. The lowest BCUT2D eigenvalue weighted by Gasteiger charge is -2.12. The zero-order chi connectivity index (χ0) is 23.1. The van der Waals surface area contributed by atoms with Gasteiger partial charge in [0.05, 0.1) is 25.3 Å². The number of nitrogens with one attached hydrogen (secondary N) is 1. The van der Waals surface area contributed by atoms with Crippen LogP contribution >= 0.6 is 11.8 Å². The molecular weight excluding hydrogens is 436 g/mol. The Morgan fingerprint density at radius 2 is 2.03 bits per heavy atom. The van der Waals surface area contributed by atoms with Gasteiger partial charge in [0.15, 0.2) is 5.17 Å². The molecule has 1 heterocycles. The molecule has 1 unspecified atom stereocenters. The van der Waals surface area contributed by atoms with Crippen LogP contribution in [0.1, 0.15) is 27.9 Å². The highest BCUT2D eigenvalue weighted by Gasteiger charge is 2.32. The van der Waals surface area contributed by atoms with Gasteiger partial charge in [-0.1, -0.05) is 23.9 Å². The average molecular weight is 456 g/mol. The Morgan fingerprint density at radius 1 is 1.25 bits per heavy atom. The minimum Gasteiger partial charge on any atom is -0.496 e. The molecular formula is C21H20N4O6S. The van der Waals surface area contributed by atoms with E-state index in [1.807, 2.05) is 0 Å². The van der Waals surface area contributed by atoms with Crippen molar-refractivity contribution in [3.05, 3.63) is 59.2 Å². The van der Waals surface area contributed by atoms with Crippen molar-refractivity contribution in [3.8, 4) is 11.5 Å². The summed E-state index contributed by atoms with van der Waals surface area (Å²) in [7, 11) is 1.53. The molecule has 0 bridgehead atoms. The summed E-state index contributed by atoms with van der Waals surface area (Å²) in [6, 6.07) is 11.9. The van der Waals surface area contributed by atoms with Crippen molar-refractivity contribution in [3.63, 3.8) is 0 Å². The number of carbonyl (C=O) groups excluding carboxylic acids is 2. The van der Waals surface area contributed by atoms with E-state index in [0.29, 0.717) is 22.6 Å². The zero-order valence-electron chi connectivity index (χ0n) is 17.0. The predicted octanol–water partition coefficient (Wildman–Crippen LogP) is 1.77. The van der Waals surface area contributed by atoms with Gasteiger partial charge >= 0.3 is 5.97 Å². The number of amides is 2. The summed E-state index contributed by atoms with van der Waals surface area (Å²) in [5.74, 6) is -1.12. The zero-order valence-corrected chi connectivity index (χ0v) is 17.8. The lowest BCUT2D eigenvalue weighted by Crippen LogP contribution is -2.26. The maximum atomic E-state index is 11.7. The van der Waals surface area contributed by atoms with E-state index < -0.39 is 23.0 Å². The molecule has 4 N–H and O–H groups in total. The number of primary amides is 1. The smallest absolute Gasteiger partial charge is 0.305 e. The first-order valence-electron chi connectivity index (χ1n) is 9.36. The van der Waals surface area contributed by atoms with Crippen LogP contribution in [-0.4, -0.2) is 46.6 Å². The standard InChI is InChI=1S/C21H20N4O6S/c1-30-15-7-6-12(10-23-25-21-24-20(29)17(32-21)9-18(26)27)8-13(15)11-31-16-5-3-2-4-14(16)19(22)28/h2-8,10,17H,9,11H2,1H3,(H2,22,28)(H,26,27)(H,24,25,29). The molecule has 1 saturated heterocycles. The van der Waals surface area contributed by atoms with Crippen LogP contribution in [0, 0.1) is 0 Å². The number of aliphatic carboxylic acids is 1. The van der Waals surface area contributed by atoms with E-state index in [2.05, 4.69) is 15.5 Å². The van der Waals surface area contributed by atoms with E-state index >= 15 is 0 Å². The van der Waals surface area contributed by atoms with Crippen LogP contribution in [0.2, 0.25) is 0 Å². The third kappa shape index (κ3) is 5.85. The molecule has 2 aromatic carbocycles. The monoisotopic (exact) mass is 456 g/mol. The molecule has 166 valence electrons. The number of hydrogen-bond acceptors (Lipinski definition) is 8. The molecule has 10 nitrogen and oxygen atoms in total. The highest BCUT2D eigenvalue weighted by molar-refractivity contribution is 8.15. The molecule has 0 radical (unpaired) electrons. The number of rotatable bonds is 9. The maximum Gasteiger partial charge on any atom is 0.305 e. The second-order valence-corrected chi connectivity index (χ2v) is 7.76. The summed E-state index contributed by atoms with van der Waals surface area (Å²) in [4.78, 5) is 34.1. The second-order valence-electron chi connectivity index (χ2n) is 6.56. The Kier molecular flexibility index (Phi) is 7.45. The Balaban J connectivity index is 1.71. The normalized spacial score (nSPS) is 16.8. The van der Waals surface area contributed by atoms with Gasteiger partial charge in [0, 0.05) is 5.56 Å². The molecule has 1 fully saturated rings. The fourth-order valence-corrected chi connectivity index (χ4v) is 3.75. The van der Waals surface area contributed by atoms with Gasteiger partial charge in [-0.05, 0) is 35.9 Å². The Hall–Kier alpha value is -3.86. The van der Waals surface area contributed by atoms with Gasteiger partial charge in [-0.2, -0.15) is 5.10 Å². The van der Waals surface area contributed by atoms with E-state index in [4.69, 9.17) is 20.3 Å². The van der Waals surface area contributed by atoms with Crippen molar-refractivity contribution in [1.29, 1.82) is 0 Å². The van der Waals surface area contributed by atoms with Crippen LogP contribution in [0.25, 0.3) is 0 Å². The molecule has 3 rings (SSSR count). The van der Waals surface area contributed by atoms with Crippen LogP contribution in [0.3, 0.4) is 0 Å². The lowest BCUT2D eigenvalue weighted by atomic mass is 10.1. The van der Waals surface area contributed by atoms with Crippen molar-refractivity contribution in [2.75, 3.05) is 7.11 Å². The number of carboxylic acids is 1. The fraction of sp³-hybridized carbons (Fsp3) is 0.190. The Morgan fingerprint density at radius 3 is 2.75 bits per heavy atom. The molecule has 11 heteroatoms. The van der Waals surface area contributed by atoms with E-state index in [0.717, 1.165) is 11.8 Å². The summed E-state index contributed by atoms with van der Waals surface area (Å²) in [6.45, 7) is 0.118. The average Bonchev–Trinajstić information content (AvgIpc) is 3.10. The summed E-state index contributed by atoms with van der Waals surface area (Å²) in [6.07, 6.45) is 1.19. The molecule has 1 atom stereocenters. The third-order valence-electron chi connectivity index (χ3n) is 4.33. The molecule has 0 aromatic heterocycles. The molecule has 1 aliphatic heterocycles. The highest BCUT2D eigenvalue weighted by Crippen LogP contribution is 2.24. The molecule has 0 spiro atoms. The number of carboxylic acid groups (broad SMARTS) is 1. The van der Waals surface area contributed by atoms with Gasteiger partial charge in [0.25, 0.3) is 5.91 Å². The summed E-state index contributed by atoms with van der Waals surface area (Å²) in [5, 5.41) is 18.7. The number of methoxy groups -OCH3 is 1. The van der Waals surface area contributed by atoms with Crippen LogP contribution in [0.5, 0.6) is 11.5 Å². The van der Waals surface area contributed by atoms with Gasteiger partial charge in [0.1, 0.15) is 23.4 Å². The summed E-state index contributed by atoms with van der Waals surface area (Å²) < 4.78 is 11.1. The lowest BCUT2D eigenvalue weighted by molar-refractivity contribution is -0.138. The minimum absolute atomic E-state index is 0.118. The topological polar surface area (TPSA) is 153 Å². The second kappa shape index (κ2) is 10.4. The minimum atomic E-state index is -1.06. The van der Waals surface area contributed by atoms with Crippen molar-refractivity contribution in [2.45, 2.75) is 18.3 Å². The molecule has 2 aromatic rings. The Bertz CT molecular complexity index is 1100. The van der Waals surface area contributed by atoms with Crippen LogP contribution in [-0.2, 0) is 16.2 Å². The quantitative estimate of drug-likeness (QED) is 0.384. The first-order valence-corrected chi connectivity index (χ1v) is 10.2. The molecule has 1 aliphatic rings. The van der Waals surface area contributed by atoms with E-state index in [9.17, 15) is 14.4 Å². The Labute approximate surface area is 187 Å². The van der Waals surface area contributed by atoms with Gasteiger partial charge in [-0.25, -0.2) is 0 Å². The van der Waals surface area contributed by atoms with Gasteiger partial charge in [0.2, 0.25) is 5.91 Å². The number of para-hydroxylation sites is 1. The molecule has 32 heavy (non-hydrogen) atoms. The number of ether oxygens (including phenoxy) is 2. The largest absolute Gasteiger partial charge is 0.496 e. The van der Waals surface area contributed by atoms with Crippen molar-refractivity contribution in [1.82, 2.24) is 5.32 Å². The maximum absolute atomic E-state index is 11.7. The first kappa shape index (κ1) is 22.8. The van der Waals surface area contributed by atoms with Gasteiger partial charge in [-0.15, -0.1) is 5.10 Å². The SMILES string of the molecule is COc1ccc(C=NN=C2NC(=O)C(CC(=O)O)S2)cc1COc1ccccc1C(N)=O. The summed E-state index contributed by atoms with van der Waals surface area (Å²) in [5.41, 5.74) is 7.05. The van der Waals surface area contributed by atoms with Crippen LogP contribution in [0.15, 0.2) is 52.7 Å². The van der Waals surface area contributed by atoms with Crippen molar-refractivity contribution < 1.29 is 29.0 Å². The van der Waals surface area contributed by atoms with Crippen LogP contribution < -0.4 is 20.5 Å². The third-order valence-corrected chi connectivity index (χ3v) is 5.40.